The standard InChI is InChI=1S/C17H36N2O/c1-14(2)8-9-15(3)18-10-11-19-12-16(4,5)20-17(6,7)13-19/h14-15,18H,8-13H2,1-7H3. The van der Waals surface area contributed by atoms with Gasteiger partial charge in [0.15, 0.2) is 0 Å². The molecular weight excluding hydrogens is 248 g/mol. The molecule has 0 radical (unpaired) electrons. The van der Waals surface area contributed by atoms with E-state index >= 15 is 0 Å². The van der Waals surface area contributed by atoms with Gasteiger partial charge in [0.05, 0.1) is 11.2 Å². The number of hydrogen-bond donors (Lipinski definition) is 1. The second-order valence-corrected chi connectivity index (χ2v) is 8.16. The van der Waals surface area contributed by atoms with E-state index in [9.17, 15) is 0 Å². The summed E-state index contributed by atoms with van der Waals surface area (Å²) < 4.78 is 6.12. The fourth-order valence-corrected chi connectivity index (χ4v) is 3.26. The van der Waals surface area contributed by atoms with Crippen LogP contribution in [0.25, 0.3) is 0 Å². The first-order chi connectivity index (χ1) is 9.10. The van der Waals surface area contributed by atoms with E-state index in [1.165, 1.54) is 12.8 Å². The molecule has 120 valence electrons. The van der Waals surface area contributed by atoms with Crippen molar-refractivity contribution < 1.29 is 4.74 Å². The quantitative estimate of drug-likeness (QED) is 0.776. The zero-order chi connectivity index (χ0) is 15.4. The molecule has 0 aromatic heterocycles. The lowest BCUT2D eigenvalue weighted by Crippen LogP contribution is -2.58. The van der Waals surface area contributed by atoms with E-state index in [1.54, 1.807) is 0 Å². The van der Waals surface area contributed by atoms with Gasteiger partial charge in [-0.3, -0.25) is 4.90 Å². The lowest BCUT2D eigenvalue weighted by Gasteiger charge is -2.47. The number of nitrogens with one attached hydrogen (secondary N) is 1. The summed E-state index contributed by atoms with van der Waals surface area (Å²) in [5, 5.41) is 3.66. The Hall–Kier alpha value is -0.120. The van der Waals surface area contributed by atoms with Crippen molar-refractivity contribution in [3.8, 4) is 0 Å². The summed E-state index contributed by atoms with van der Waals surface area (Å²) >= 11 is 0. The Balaban J connectivity index is 2.27. The van der Waals surface area contributed by atoms with Crippen molar-refractivity contribution in [3.63, 3.8) is 0 Å². The van der Waals surface area contributed by atoms with E-state index in [1.807, 2.05) is 0 Å². The summed E-state index contributed by atoms with van der Waals surface area (Å²) in [4.78, 5) is 2.53. The largest absolute Gasteiger partial charge is 0.367 e. The number of rotatable bonds is 7. The van der Waals surface area contributed by atoms with Crippen molar-refractivity contribution in [2.45, 2.75) is 78.6 Å². The zero-order valence-electron chi connectivity index (χ0n) is 14.8. The van der Waals surface area contributed by atoms with Gasteiger partial charge in [-0.25, -0.2) is 0 Å². The third-order valence-electron chi connectivity index (χ3n) is 3.86. The molecule has 0 spiro atoms. The zero-order valence-corrected chi connectivity index (χ0v) is 14.8. The van der Waals surface area contributed by atoms with Crippen LogP contribution in [-0.4, -0.2) is 48.3 Å². The fourth-order valence-electron chi connectivity index (χ4n) is 3.26. The second kappa shape index (κ2) is 7.24. The van der Waals surface area contributed by atoms with Gasteiger partial charge in [0.1, 0.15) is 0 Å². The molecule has 0 aromatic carbocycles. The summed E-state index contributed by atoms with van der Waals surface area (Å²) in [6.07, 6.45) is 2.59. The van der Waals surface area contributed by atoms with Gasteiger partial charge in [-0.05, 0) is 53.4 Å². The van der Waals surface area contributed by atoms with Crippen LogP contribution >= 0.6 is 0 Å². The molecule has 1 fully saturated rings. The second-order valence-electron chi connectivity index (χ2n) is 8.16. The molecule has 0 aromatic rings. The van der Waals surface area contributed by atoms with Gasteiger partial charge >= 0.3 is 0 Å². The Labute approximate surface area is 126 Å². The Morgan fingerprint density at radius 3 is 2.05 bits per heavy atom. The van der Waals surface area contributed by atoms with E-state index < -0.39 is 0 Å². The van der Waals surface area contributed by atoms with E-state index in [0.717, 1.165) is 32.1 Å². The van der Waals surface area contributed by atoms with Crippen LogP contribution in [0, 0.1) is 5.92 Å². The lowest BCUT2D eigenvalue weighted by molar-refractivity contribution is -0.180. The van der Waals surface area contributed by atoms with Crippen molar-refractivity contribution in [2.24, 2.45) is 5.92 Å². The molecule has 0 aliphatic carbocycles. The normalized spacial score (nSPS) is 24.0. The number of nitrogens with zero attached hydrogens (tertiary/aromatic N) is 1. The summed E-state index contributed by atoms with van der Waals surface area (Å²) in [5.74, 6) is 0.806. The van der Waals surface area contributed by atoms with Crippen molar-refractivity contribution in [3.05, 3.63) is 0 Å². The number of hydrogen-bond acceptors (Lipinski definition) is 3. The highest BCUT2D eigenvalue weighted by atomic mass is 16.5. The molecule has 1 saturated heterocycles. The molecular formula is C17H36N2O. The van der Waals surface area contributed by atoms with Gasteiger partial charge in [0, 0.05) is 32.2 Å². The molecule has 1 heterocycles. The van der Waals surface area contributed by atoms with Crippen LogP contribution in [-0.2, 0) is 4.74 Å². The van der Waals surface area contributed by atoms with Crippen LogP contribution in [0.1, 0.15) is 61.3 Å². The molecule has 1 aliphatic heterocycles. The van der Waals surface area contributed by atoms with Crippen molar-refractivity contribution in [2.75, 3.05) is 26.2 Å². The topological polar surface area (TPSA) is 24.5 Å². The molecule has 1 atom stereocenters. The summed E-state index contributed by atoms with van der Waals surface area (Å²) in [6.45, 7) is 19.9. The first-order valence-electron chi connectivity index (χ1n) is 8.25. The minimum Gasteiger partial charge on any atom is -0.367 e. The molecule has 0 saturated carbocycles. The van der Waals surface area contributed by atoms with Gasteiger partial charge in [-0.2, -0.15) is 0 Å². The van der Waals surface area contributed by atoms with Crippen LogP contribution in [0.3, 0.4) is 0 Å². The molecule has 20 heavy (non-hydrogen) atoms. The van der Waals surface area contributed by atoms with E-state index in [2.05, 4.69) is 58.7 Å². The summed E-state index contributed by atoms with van der Waals surface area (Å²) in [6, 6.07) is 0.625. The van der Waals surface area contributed by atoms with Gasteiger partial charge < -0.3 is 10.1 Å². The van der Waals surface area contributed by atoms with Crippen molar-refractivity contribution in [1.29, 1.82) is 0 Å². The smallest absolute Gasteiger partial charge is 0.0760 e. The highest BCUT2D eigenvalue weighted by molar-refractivity contribution is 4.89. The van der Waals surface area contributed by atoms with Crippen LogP contribution in [0.15, 0.2) is 0 Å². The molecule has 0 amide bonds. The predicted molar refractivity (Wildman–Crippen MR) is 87.2 cm³/mol. The Kier molecular flexibility index (Phi) is 6.49. The van der Waals surface area contributed by atoms with E-state index in [-0.39, 0.29) is 11.2 Å². The first-order valence-corrected chi connectivity index (χ1v) is 8.25. The minimum absolute atomic E-state index is 0.0367. The monoisotopic (exact) mass is 284 g/mol. The fraction of sp³-hybridized carbons (Fsp3) is 1.00. The average Bonchev–Trinajstić information content (AvgIpc) is 2.21. The molecule has 3 nitrogen and oxygen atoms in total. The molecule has 0 bridgehead atoms. The predicted octanol–water partition coefficient (Wildman–Crippen LogP) is 3.29. The minimum atomic E-state index is -0.0367. The van der Waals surface area contributed by atoms with E-state index in [4.69, 9.17) is 4.74 Å². The summed E-state index contributed by atoms with van der Waals surface area (Å²) in [5.41, 5.74) is -0.0734. The van der Waals surface area contributed by atoms with Crippen molar-refractivity contribution >= 4 is 0 Å². The van der Waals surface area contributed by atoms with Crippen LogP contribution in [0.5, 0.6) is 0 Å². The van der Waals surface area contributed by atoms with Crippen molar-refractivity contribution in [1.82, 2.24) is 10.2 Å². The maximum Gasteiger partial charge on any atom is 0.0760 e. The maximum atomic E-state index is 6.12. The SMILES string of the molecule is CC(C)CCC(C)NCCN1CC(C)(C)OC(C)(C)C1. The molecule has 1 unspecified atom stereocenters. The van der Waals surface area contributed by atoms with Crippen LogP contribution in [0.4, 0.5) is 0 Å². The van der Waals surface area contributed by atoms with E-state index in [0.29, 0.717) is 6.04 Å². The molecule has 1 N–H and O–H groups in total. The molecule has 1 aliphatic rings. The Morgan fingerprint density at radius 2 is 1.55 bits per heavy atom. The number of morpholine rings is 1. The molecule has 3 heteroatoms. The van der Waals surface area contributed by atoms with Gasteiger partial charge in [0.25, 0.3) is 0 Å². The van der Waals surface area contributed by atoms with Gasteiger partial charge in [-0.15, -0.1) is 0 Å². The lowest BCUT2D eigenvalue weighted by atomic mass is 9.99. The van der Waals surface area contributed by atoms with Gasteiger partial charge in [-0.1, -0.05) is 13.8 Å². The third kappa shape index (κ3) is 7.05. The number of ether oxygens (including phenoxy) is 1. The Morgan fingerprint density at radius 1 is 1.00 bits per heavy atom. The Bertz CT molecular complexity index is 271. The third-order valence-corrected chi connectivity index (χ3v) is 3.86. The van der Waals surface area contributed by atoms with Crippen LogP contribution in [0.2, 0.25) is 0 Å². The first kappa shape index (κ1) is 17.9. The maximum absolute atomic E-state index is 6.12. The highest BCUT2D eigenvalue weighted by Gasteiger charge is 2.37. The highest BCUT2D eigenvalue weighted by Crippen LogP contribution is 2.27. The molecule has 1 rings (SSSR count). The average molecular weight is 284 g/mol. The summed E-state index contributed by atoms with van der Waals surface area (Å²) in [7, 11) is 0. The van der Waals surface area contributed by atoms with Crippen LogP contribution < -0.4 is 5.32 Å². The van der Waals surface area contributed by atoms with Gasteiger partial charge in [0.2, 0.25) is 0 Å².